The Hall–Kier alpha value is -1.49. The van der Waals surface area contributed by atoms with Gasteiger partial charge in [0.05, 0.1) is 12.6 Å². The third kappa shape index (κ3) is 3.33. The molecule has 0 aliphatic carbocycles. The predicted octanol–water partition coefficient (Wildman–Crippen LogP) is 3.36. The van der Waals surface area contributed by atoms with E-state index in [0.29, 0.717) is 6.61 Å². The number of rotatable bonds is 6. The molecule has 0 spiro atoms. The molecule has 0 amide bonds. The topological polar surface area (TPSA) is 47.3 Å². The number of ether oxygens (including phenoxy) is 1. The van der Waals surface area contributed by atoms with Gasteiger partial charge in [-0.1, -0.05) is 30.3 Å². The predicted molar refractivity (Wildman–Crippen MR) is 85.0 cm³/mol. The van der Waals surface area contributed by atoms with Crippen LogP contribution < -0.4 is 16.0 Å². The van der Waals surface area contributed by atoms with Crippen molar-refractivity contribution < 1.29 is 4.74 Å². The zero-order chi connectivity index (χ0) is 14.4. The lowest BCUT2D eigenvalue weighted by Crippen LogP contribution is -2.29. The SMILES string of the molecule is CCOc1ccccc1C(NN)c1ccc(SC)cc1. The van der Waals surface area contributed by atoms with Gasteiger partial charge in [-0.2, -0.15) is 0 Å². The molecule has 0 aromatic heterocycles. The lowest BCUT2D eigenvalue weighted by Gasteiger charge is -2.20. The van der Waals surface area contributed by atoms with Crippen molar-refractivity contribution in [2.75, 3.05) is 12.9 Å². The van der Waals surface area contributed by atoms with Gasteiger partial charge in [0.2, 0.25) is 0 Å². The first-order valence-electron chi connectivity index (χ1n) is 6.62. The Labute approximate surface area is 124 Å². The van der Waals surface area contributed by atoms with E-state index in [9.17, 15) is 0 Å². The van der Waals surface area contributed by atoms with E-state index in [-0.39, 0.29) is 6.04 Å². The second kappa shape index (κ2) is 7.33. The van der Waals surface area contributed by atoms with Gasteiger partial charge >= 0.3 is 0 Å². The molecular formula is C16H20N2OS. The number of benzene rings is 2. The summed E-state index contributed by atoms with van der Waals surface area (Å²) in [6, 6.07) is 16.3. The van der Waals surface area contributed by atoms with Gasteiger partial charge in [-0.3, -0.25) is 5.84 Å². The monoisotopic (exact) mass is 288 g/mol. The molecule has 3 N–H and O–H groups in total. The van der Waals surface area contributed by atoms with Gasteiger partial charge in [-0.05, 0) is 36.9 Å². The summed E-state index contributed by atoms with van der Waals surface area (Å²) in [5, 5.41) is 0. The molecule has 0 saturated carbocycles. The van der Waals surface area contributed by atoms with Crippen molar-refractivity contribution in [1.82, 2.24) is 5.43 Å². The summed E-state index contributed by atoms with van der Waals surface area (Å²) in [6.45, 7) is 2.62. The van der Waals surface area contributed by atoms with Crippen LogP contribution in [0.4, 0.5) is 0 Å². The summed E-state index contributed by atoms with van der Waals surface area (Å²) in [4.78, 5) is 1.24. The zero-order valence-corrected chi connectivity index (χ0v) is 12.6. The minimum atomic E-state index is -0.0753. The van der Waals surface area contributed by atoms with Crippen molar-refractivity contribution in [2.24, 2.45) is 5.84 Å². The van der Waals surface area contributed by atoms with Gasteiger partial charge in [0.1, 0.15) is 5.75 Å². The standard InChI is InChI=1S/C16H20N2OS/c1-3-19-15-7-5-4-6-14(15)16(18-17)12-8-10-13(20-2)11-9-12/h4-11,16,18H,3,17H2,1-2H3. The summed E-state index contributed by atoms with van der Waals surface area (Å²) in [5.74, 6) is 6.63. The van der Waals surface area contributed by atoms with E-state index in [1.54, 1.807) is 11.8 Å². The number of thioether (sulfide) groups is 1. The van der Waals surface area contributed by atoms with Gasteiger partial charge in [0, 0.05) is 10.5 Å². The number of nitrogens with one attached hydrogen (secondary N) is 1. The Bertz CT molecular complexity index is 542. The molecule has 0 radical (unpaired) electrons. The van der Waals surface area contributed by atoms with E-state index >= 15 is 0 Å². The molecule has 3 nitrogen and oxygen atoms in total. The fourth-order valence-corrected chi connectivity index (χ4v) is 2.58. The Morgan fingerprint density at radius 3 is 2.45 bits per heavy atom. The second-order valence-corrected chi connectivity index (χ2v) is 5.22. The largest absolute Gasteiger partial charge is 0.494 e. The molecule has 4 heteroatoms. The average Bonchev–Trinajstić information content (AvgIpc) is 2.51. The van der Waals surface area contributed by atoms with Crippen LogP contribution in [0.25, 0.3) is 0 Å². The van der Waals surface area contributed by atoms with Crippen LogP contribution in [0.3, 0.4) is 0 Å². The van der Waals surface area contributed by atoms with Gasteiger partial charge in [-0.15, -0.1) is 11.8 Å². The second-order valence-electron chi connectivity index (χ2n) is 4.34. The van der Waals surface area contributed by atoms with Crippen LogP contribution in [0.1, 0.15) is 24.1 Å². The molecular weight excluding hydrogens is 268 g/mol. The van der Waals surface area contributed by atoms with Gasteiger partial charge in [0.15, 0.2) is 0 Å². The van der Waals surface area contributed by atoms with Crippen molar-refractivity contribution >= 4 is 11.8 Å². The van der Waals surface area contributed by atoms with Crippen LogP contribution in [0.2, 0.25) is 0 Å². The van der Waals surface area contributed by atoms with Crippen molar-refractivity contribution in [1.29, 1.82) is 0 Å². The van der Waals surface area contributed by atoms with E-state index < -0.39 is 0 Å². The van der Waals surface area contributed by atoms with Crippen LogP contribution in [-0.4, -0.2) is 12.9 Å². The molecule has 20 heavy (non-hydrogen) atoms. The fourth-order valence-electron chi connectivity index (χ4n) is 2.17. The van der Waals surface area contributed by atoms with E-state index in [1.807, 2.05) is 31.2 Å². The van der Waals surface area contributed by atoms with E-state index in [2.05, 4.69) is 35.9 Å². The number of para-hydroxylation sites is 1. The van der Waals surface area contributed by atoms with Crippen molar-refractivity contribution in [3.05, 3.63) is 59.7 Å². The lowest BCUT2D eigenvalue weighted by molar-refractivity contribution is 0.333. The molecule has 0 heterocycles. The minimum Gasteiger partial charge on any atom is -0.494 e. The quantitative estimate of drug-likeness (QED) is 0.486. The van der Waals surface area contributed by atoms with Crippen LogP contribution in [0, 0.1) is 0 Å². The highest BCUT2D eigenvalue weighted by Crippen LogP contribution is 2.30. The molecule has 0 saturated heterocycles. The summed E-state index contributed by atoms with van der Waals surface area (Å²) >= 11 is 1.73. The smallest absolute Gasteiger partial charge is 0.124 e. The highest BCUT2D eigenvalue weighted by Gasteiger charge is 2.16. The van der Waals surface area contributed by atoms with Crippen molar-refractivity contribution in [3.8, 4) is 5.75 Å². The molecule has 2 aromatic rings. The first-order chi connectivity index (χ1) is 9.80. The number of hydrogen-bond donors (Lipinski definition) is 2. The van der Waals surface area contributed by atoms with Crippen molar-refractivity contribution in [3.63, 3.8) is 0 Å². The molecule has 0 fully saturated rings. The van der Waals surface area contributed by atoms with Crippen LogP contribution >= 0.6 is 11.8 Å². The molecule has 1 unspecified atom stereocenters. The molecule has 2 aromatic carbocycles. The highest BCUT2D eigenvalue weighted by atomic mass is 32.2. The number of hydrogen-bond acceptors (Lipinski definition) is 4. The van der Waals surface area contributed by atoms with Crippen LogP contribution in [-0.2, 0) is 0 Å². The maximum atomic E-state index is 5.76. The summed E-state index contributed by atoms with van der Waals surface area (Å²) in [6.07, 6.45) is 2.07. The molecule has 0 bridgehead atoms. The van der Waals surface area contributed by atoms with E-state index in [0.717, 1.165) is 16.9 Å². The van der Waals surface area contributed by atoms with Gasteiger partial charge < -0.3 is 4.74 Å². The number of hydrazine groups is 1. The summed E-state index contributed by atoms with van der Waals surface area (Å²) in [5.41, 5.74) is 5.06. The maximum absolute atomic E-state index is 5.76. The fraction of sp³-hybridized carbons (Fsp3) is 0.250. The normalized spacial score (nSPS) is 12.2. The van der Waals surface area contributed by atoms with E-state index in [1.165, 1.54) is 4.90 Å². The Morgan fingerprint density at radius 2 is 1.85 bits per heavy atom. The molecule has 106 valence electrons. The third-order valence-electron chi connectivity index (χ3n) is 3.15. The molecule has 0 aliphatic rings. The Morgan fingerprint density at radius 1 is 1.15 bits per heavy atom. The first-order valence-corrected chi connectivity index (χ1v) is 7.84. The summed E-state index contributed by atoms with van der Waals surface area (Å²) < 4.78 is 5.69. The Kier molecular flexibility index (Phi) is 5.47. The molecule has 0 aliphatic heterocycles. The summed E-state index contributed by atoms with van der Waals surface area (Å²) in [7, 11) is 0. The van der Waals surface area contributed by atoms with Crippen molar-refractivity contribution in [2.45, 2.75) is 17.9 Å². The third-order valence-corrected chi connectivity index (χ3v) is 3.89. The Balaban J connectivity index is 2.35. The average molecular weight is 288 g/mol. The number of nitrogens with two attached hydrogens (primary N) is 1. The minimum absolute atomic E-state index is 0.0753. The van der Waals surface area contributed by atoms with Gasteiger partial charge in [0.25, 0.3) is 0 Å². The molecule has 1 atom stereocenters. The van der Waals surface area contributed by atoms with Gasteiger partial charge in [-0.25, -0.2) is 5.43 Å². The molecule has 2 rings (SSSR count). The van der Waals surface area contributed by atoms with Crippen LogP contribution in [0.15, 0.2) is 53.4 Å². The first kappa shape index (κ1) is 14.9. The lowest BCUT2D eigenvalue weighted by atomic mass is 9.98. The van der Waals surface area contributed by atoms with Crippen LogP contribution in [0.5, 0.6) is 5.75 Å². The van der Waals surface area contributed by atoms with E-state index in [4.69, 9.17) is 10.6 Å². The zero-order valence-electron chi connectivity index (χ0n) is 11.8. The maximum Gasteiger partial charge on any atom is 0.124 e. The highest BCUT2D eigenvalue weighted by molar-refractivity contribution is 7.98.